The Bertz CT molecular complexity index is 957. The van der Waals surface area contributed by atoms with E-state index < -0.39 is 18.1 Å². The van der Waals surface area contributed by atoms with Crippen molar-refractivity contribution in [3.8, 4) is 11.8 Å². The highest BCUT2D eigenvalue weighted by molar-refractivity contribution is 6.30. The molecular weight excluding hydrogens is 414 g/mol. The molecule has 0 saturated heterocycles. The average Bonchev–Trinajstić information content (AvgIpc) is 2.75. The van der Waals surface area contributed by atoms with Crippen molar-refractivity contribution in [1.82, 2.24) is 5.32 Å². The van der Waals surface area contributed by atoms with E-state index in [1.54, 1.807) is 19.1 Å². The molecule has 0 fully saturated rings. The van der Waals surface area contributed by atoms with Crippen molar-refractivity contribution in [2.24, 2.45) is 5.92 Å². The Hall–Kier alpha value is -3.23. The predicted molar refractivity (Wildman–Crippen MR) is 121 cm³/mol. The predicted octanol–water partition coefficient (Wildman–Crippen LogP) is 5.46. The standard InChI is InChI=1S/C25H26ClNO4/c1-4-30-24(28)15-12-21(18(2)3)16-23(20-10-13-22(26)14-11-20)27-25(29)31-17-19-8-6-5-7-9-19/h5-11,13-14,16,18,23H,4,17H2,1-3H3,(H,27,29)/b21-16+. The van der Waals surface area contributed by atoms with Crippen molar-refractivity contribution in [3.05, 3.63) is 82.4 Å². The van der Waals surface area contributed by atoms with Crippen LogP contribution in [0.5, 0.6) is 0 Å². The van der Waals surface area contributed by atoms with Gasteiger partial charge in [-0.3, -0.25) is 0 Å². The van der Waals surface area contributed by atoms with E-state index in [0.717, 1.165) is 11.1 Å². The highest BCUT2D eigenvalue weighted by Crippen LogP contribution is 2.22. The van der Waals surface area contributed by atoms with Crippen LogP contribution in [0.2, 0.25) is 5.02 Å². The lowest BCUT2D eigenvalue weighted by molar-refractivity contribution is -0.136. The lowest BCUT2D eigenvalue weighted by Gasteiger charge is -2.18. The lowest BCUT2D eigenvalue weighted by Crippen LogP contribution is -2.28. The number of carbonyl (C=O) groups is 2. The van der Waals surface area contributed by atoms with Crippen LogP contribution in [0, 0.1) is 17.8 Å². The Morgan fingerprint density at radius 1 is 1.03 bits per heavy atom. The van der Waals surface area contributed by atoms with Gasteiger partial charge in [-0.15, -0.1) is 0 Å². The van der Waals surface area contributed by atoms with Crippen LogP contribution in [0.15, 0.2) is 66.2 Å². The second kappa shape index (κ2) is 12.5. The van der Waals surface area contributed by atoms with Crippen LogP contribution in [0.1, 0.15) is 37.9 Å². The van der Waals surface area contributed by atoms with Crippen LogP contribution in [-0.2, 0) is 20.9 Å². The molecule has 1 unspecified atom stereocenters. The summed E-state index contributed by atoms with van der Waals surface area (Å²) < 4.78 is 10.2. The summed E-state index contributed by atoms with van der Waals surface area (Å²) in [6, 6.07) is 16.0. The molecule has 0 heterocycles. The number of esters is 1. The SMILES string of the molecule is CCOC(=O)C#C/C(=C\C(NC(=O)OCc1ccccc1)c1ccc(Cl)cc1)C(C)C. The molecule has 0 saturated carbocycles. The van der Waals surface area contributed by atoms with Gasteiger partial charge < -0.3 is 14.8 Å². The maximum absolute atomic E-state index is 12.5. The van der Waals surface area contributed by atoms with Gasteiger partial charge in [0.2, 0.25) is 0 Å². The number of alkyl carbamates (subject to hydrolysis) is 1. The zero-order valence-electron chi connectivity index (χ0n) is 17.9. The Balaban J connectivity index is 2.24. The van der Waals surface area contributed by atoms with Crippen molar-refractivity contribution >= 4 is 23.7 Å². The van der Waals surface area contributed by atoms with Gasteiger partial charge in [0.15, 0.2) is 0 Å². The number of allylic oxidation sites excluding steroid dienone is 1. The van der Waals surface area contributed by atoms with Crippen molar-refractivity contribution in [1.29, 1.82) is 0 Å². The lowest BCUT2D eigenvalue weighted by atomic mass is 9.97. The Morgan fingerprint density at radius 2 is 1.71 bits per heavy atom. The summed E-state index contributed by atoms with van der Waals surface area (Å²) in [7, 11) is 0. The number of benzene rings is 2. The van der Waals surface area contributed by atoms with Crippen LogP contribution in [0.3, 0.4) is 0 Å². The molecule has 6 heteroatoms. The molecular formula is C25H26ClNO4. The van der Waals surface area contributed by atoms with Crippen LogP contribution in [0.4, 0.5) is 4.79 Å². The molecule has 2 rings (SSSR count). The van der Waals surface area contributed by atoms with E-state index in [-0.39, 0.29) is 19.1 Å². The maximum Gasteiger partial charge on any atom is 0.408 e. The maximum atomic E-state index is 12.5. The molecule has 0 radical (unpaired) electrons. The van der Waals surface area contributed by atoms with E-state index >= 15 is 0 Å². The van der Waals surface area contributed by atoms with Gasteiger partial charge in [-0.05, 0) is 42.2 Å². The number of hydrogen-bond acceptors (Lipinski definition) is 4. The molecule has 1 atom stereocenters. The fourth-order valence-electron chi connectivity index (χ4n) is 2.63. The van der Waals surface area contributed by atoms with E-state index in [9.17, 15) is 9.59 Å². The molecule has 31 heavy (non-hydrogen) atoms. The number of hydrogen-bond donors (Lipinski definition) is 1. The smallest absolute Gasteiger partial charge is 0.408 e. The first-order chi connectivity index (χ1) is 14.9. The second-order valence-corrected chi connectivity index (χ2v) is 7.42. The number of rotatable bonds is 7. The molecule has 0 aliphatic heterocycles. The minimum Gasteiger partial charge on any atom is -0.456 e. The number of halogens is 1. The first kappa shape index (κ1) is 24.0. The summed E-state index contributed by atoms with van der Waals surface area (Å²) in [6.07, 6.45) is 1.24. The summed E-state index contributed by atoms with van der Waals surface area (Å²) in [5.41, 5.74) is 2.38. The molecule has 0 aliphatic rings. The highest BCUT2D eigenvalue weighted by Gasteiger charge is 2.16. The highest BCUT2D eigenvalue weighted by atomic mass is 35.5. The third-order valence-electron chi connectivity index (χ3n) is 4.27. The molecule has 1 N–H and O–H groups in total. The topological polar surface area (TPSA) is 64.6 Å². The van der Waals surface area contributed by atoms with E-state index in [1.807, 2.05) is 62.4 Å². The molecule has 0 bridgehead atoms. The Labute approximate surface area is 188 Å². The molecule has 1 amide bonds. The van der Waals surface area contributed by atoms with E-state index in [4.69, 9.17) is 21.1 Å². The number of carbonyl (C=O) groups excluding carboxylic acids is 2. The summed E-state index contributed by atoms with van der Waals surface area (Å²) >= 11 is 6.01. The Morgan fingerprint density at radius 3 is 2.32 bits per heavy atom. The summed E-state index contributed by atoms with van der Waals surface area (Å²) in [5.74, 6) is 4.79. The Kier molecular flexibility index (Phi) is 9.67. The fraction of sp³-hybridized carbons (Fsp3) is 0.280. The number of nitrogens with one attached hydrogen (secondary N) is 1. The van der Waals surface area contributed by atoms with Gasteiger partial charge in [-0.1, -0.05) is 73.8 Å². The summed E-state index contributed by atoms with van der Waals surface area (Å²) in [4.78, 5) is 24.1. The van der Waals surface area contributed by atoms with Gasteiger partial charge in [0.1, 0.15) is 6.61 Å². The molecule has 5 nitrogen and oxygen atoms in total. The largest absolute Gasteiger partial charge is 0.456 e. The minimum absolute atomic E-state index is 0.0267. The number of amides is 1. The van der Waals surface area contributed by atoms with Crippen LogP contribution in [-0.4, -0.2) is 18.7 Å². The first-order valence-electron chi connectivity index (χ1n) is 10.0. The molecule has 0 aliphatic carbocycles. The molecule has 2 aromatic rings. The molecule has 162 valence electrons. The van der Waals surface area contributed by atoms with Gasteiger partial charge in [-0.2, -0.15) is 0 Å². The fourth-order valence-corrected chi connectivity index (χ4v) is 2.76. The van der Waals surface area contributed by atoms with Gasteiger partial charge in [-0.25, -0.2) is 9.59 Å². The zero-order valence-corrected chi connectivity index (χ0v) is 18.6. The zero-order chi connectivity index (χ0) is 22.6. The summed E-state index contributed by atoms with van der Waals surface area (Å²) in [5, 5.41) is 3.44. The minimum atomic E-state index is -0.590. The average molecular weight is 440 g/mol. The quantitative estimate of drug-likeness (QED) is 0.353. The van der Waals surface area contributed by atoms with Gasteiger partial charge in [0.05, 0.1) is 12.6 Å². The third kappa shape index (κ3) is 8.57. The van der Waals surface area contributed by atoms with E-state index in [1.165, 1.54) is 0 Å². The normalized spacial score (nSPS) is 11.8. The van der Waals surface area contributed by atoms with E-state index in [0.29, 0.717) is 10.6 Å². The van der Waals surface area contributed by atoms with Crippen molar-refractivity contribution in [3.63, 3.8) is 0 Å². The van der Waals surface area contributed by atoms with Gasteiger partial charge >= 0.3 is 12.1 Å². The van der Waals surface area contributed by atoms with Crippen LogP contribution < -0.4 is 5.32 Å². The number of ether oxygens (including phenoxy) is 2. The molecule has 0 spiro atoms. The first-order valence-corrected chi connectivity index (χ1v) is 10.4. The summed E-state index contributed by atoms with van der Waals surface area (Å²) in [6.45, 7) is 6.05. The molecule has 0 aromatic heterocycles. The van der Waals surface area contributed by atoms with Crippen LogP contribution >= 0.6 is 11.6 Å². The van der Waals surface area contributed by atoms with Crippen LogP contribution in [0.25, 0.3) is 0 Å². The molecule has 2 aromatic carbocycles. The second-order valence-electron chi connectivity index (χ2n) is 6.98. The van der Waals surface area contributed by atoms with Gasteiger partial charge in [0, 0.05) is 16.5 Å². The van der Waals surface area contributed by atoms with E-state index in [2.05, 4.69) is 17.2 Å². The van der Waals surface area contributed by atoms with Crippen molar-refractivity contribution < 1.29 is 19.1 Å². The monoisotopic (exact) mass is 439 g/mol. The van der Waals surface area contributed by atoms with Crippen molar-refractivity contribution in [2.75, 3.05) is 6.61 Å². The van der Waals surface area contributed by atoms with Crippen molar-refractivity contribution in [2.45, 2.75) is 33.4 Å². The third-order valence-corrected chi connectivity index (χ3v) is 4.52. The van der Waals surface area contributed by atoms with Gasteiger partial charge in [0.25, 0.3) is 0 Å².